The third kappa shape index (κ3) is 1.71. The molecule has 2 heterocycles. The lowest BCUT2D eigenvalue weighted by Gasteiger charge is -2.37. The quantitative estimate of drug-likeness (QED) is 0.878. The first-order chi connectivity index (χ1) is 9.59. The number of pyridine rings is 1. The molecule has 0 aliphatic heterocycles. The zero-order valence-corrected chi connectivity index (χ0v) is 12.4. The minimum Gasteiger partial charge on any atom is -0.349 e. The van der Waals surface area contributed by atoms with Crippen LogP contribution in [0, 0.1) is 5.41 Å². The SMILES string of the molecule is NC1CC12CC(NC(=O)c1cccn3ncc(Br)c13)C2. The van der Waals surface area contributed by atoms with Gasteiger partial charge in [0.1, 0.15) is 0 Å². The van der Waals surface area contributed by atoms with E-state index in [4.69, 9.17) is 5.73 Å². The molecule has 2 aromatic rings. The fraction of sp³-hybridized carbons (Fsp3) is 0.429. The van der Waals surface area contributed by atoms with Gasteiger partial charge in [0.2, 0.25) is 0 Å². The second-order valence-corrected chi connectivity index (χ2v) is 6.81. The van der Waals surface area contributed by atoms with Crippen molar-refractivity contribution in [2.24, 2.45) is 11.1 Å². The summed E-state index contributed by atoms with van der Waals surface area (Å²) in [5.41, 5.74) is 7.72. The van der Waals surface area contributed by atoms with Crippen LogP contribution in [0.2, 0.25) is 0 Å². The van der Waals surface area contributed by atoms with Crippen LogP contribution in [-0.4, -0.2) is 27.6 Å². The number of nitrogens with zero attached hydrogens (tertiary/aromatic N) is 2. The van der Waals surface area contributed by atoms with E-state index < -0.39 is 0 Å². The molecule has 1 spiro atoms. The van der Waals surface area contributed by atoms with E-state index in [2.05, 4.69) is 26.3 Å². The normalized spacial score (nSPS) is 31.3. The van der Waals surface area contributed by atoms with Crippen molar-refractivity contribution in [1.29, 1.82) is 0 Å². The Bertz CT molecular complexity index is 704. The maximum atomic E-state index is 12.4. The van der Waals surface area contributed by atoms with Gasteiger partial charge < -0.3 is 11.1 Å². The maximum absolute atomic E-state index is 12.4. The summed E-state index contributed by atoms with van der Waals surface area (Å²) in [4.78, 5) is 12.4. The lowest BCUT2D eigenvalue weighted by molar-refractivity contribution is 0.0875. The monoisotopic (exact) mass is 334 g/mol. The van der Waals surface area contributed by atoms with Gasteiger partial charge in [0.15, 0.2) is 0 Å². The summed E-state index contributed by atoms with van der Waals surface area (Å²) in [7, 11) is 0. The molecule has 6 heteroatoms. The highest BCUT2D eigenvalue weighted by atomic mass is 79.9. The summed E-state index contributed by atoms with van der Waals surface area (Å²) in [5, 5.41) is 7.29. The molecule has 3 N–H and O–H groups in total. The first-order valence-corrected chi connectivity index (χ1v) is 7.57. The number of hydrogen-bond donors (Lipinski definition) is 2. The number of fused-ring (bicyclic) bond motifs is 1. The van der Waals surface area contributed by atoms with E-state index >= 15 is 0 Å². The highest BCUT2D eigenvalue weighted by Crippen LogP contribution is 2.59. The number of hydrogen-bond acceptors (Lipinski definition) is 3. The van der Waals surface area contributed by atoms with Crippen molar-refractivity contribution in [3.8, 4) is 0 Å². The predicted molar refractivity (Wildman–Crippen MR) is 78.4 cm³/mol. The van der Waals surface area contributed by atoms with E-state index in [1.54, 1.807) is 10.7 Å². The van der Waals surface area contributed by atoms with E-state index in [1.165, 1.54) is 0 Å². The van der Waals surface area contributed by atoms with Crippen molar-refractivity contribution >= 4 is 27.4 Å². The van der Waals surface area contributed by atoms with Gasteiger partial charge in [-0.25, -0.2) is 4.52 Å². The fourth-order valence-corrected chi connectivity index (χ4v) is 3.81. The summed E-state index contributed by atoms with van der Waals surface area (Å²) < 4.78 is 2.54. The Morgan fingerprint density at radius 3 is 2.95 bits per heavy atom. The van der Waals surface area contributed by atoms with Crippen molar-refractivity contribution in [3.63, 3.8) is 0 Å². The van der Waals surface area contributed by atoms with Crippen molar-refractivity contribution in [1.82, 2.24) is 14.9 Å². The first kappa shape index (κ1) is 12.3. The van der Waals surface area contributed by atoms with Crippen LogP contribution in [0.3, 0.4) is 0 Å². The Morgan fingerprint density at radius 1 is 1.50 bits per heavy atom. The number of amides is 1. The van der Waals surface area contributed by atoms with Gasteiger partial charge in [0, 0.05) is 18.3 Å². The van der Waals surface area contributed by atoms with Gasteiger partial charge in [0.25, 0.3) is 5.91 Å². The van der Waals surface area contributed by atoms with Gasteiger partial charge >= 0.3 is 0 Å². The van der Waals surface area contributed by atoms with Crippen LogP contribution in [0.5, 0.6) is 0 Å². The average Bonchev–Trinajstić information content (AvgIpc) is 2.90. The highest BCUT2D eigenvalue weighted by molar-refractivity contribution is 9.10. The minimum atomic E-state index is -0.0362. The molecule has 2 fully saturated rings. The molecule has 2 aromatic heterocycles. The largest absolute Gasteiger partial charge is 0.349 e. The van der Waals surface area contributed by atoms with E-state index in [0.717, 1.165) is 29.3 Å². The Labute approximate surface area is 124 Å². The van der Waals surface area contributed by atoms with Gasteiger partial charge in [-0.15, -0.1) is 0 Å². The van der Waals surface area contributed by atoms with Crippen LogP contribution >= 0.6 is 15.9 Å². The Hall–Kier alpha value is -1.40. The molecule has 2 saturated carbocycles. The number of nitrogens with two attached hydrogens (primary N) is 1. The standard InChI is InChI=1S/C14H15BrN4O/c15-10-7-17-19-3-1-2-9(12(10)19)13(20)18-8-4-14(5-8)6-11(14)16/h1-3,7-8,11H,4-6,16H2,(H,18,20). The number of aromatic nitrogens is 2. The van der Waals surface area contributed by atoms with Gasteiger partial charge in [-0.1, -0.05) is 0 Å². The number of carbonyl (C=O) groups is 1. The van der Waals surface area contributed by atoms with Crippen LogP contribution in [0.15, 0.2) is 29.0 Å². The molecule has 104 valence electrons. The topological polar surface area (TPSA) is 72.4 Å². The van der Waals surface area contributed by atoms with Crippen LogP contribution < -0.4 is 11.1 Å². The molecule has 0 saturated heterocycles. The Kier molecular flexibility index (Phi) is 2.50. The molecule has 0 radical (unpaired) electrons. The third-order valence-electron chi connectivity index (χ3n) is 4.63. The number of nitrogens with one attached hydrogen (secondary N) is 1. The van der Waals surface area contributed by atoms with Crippen molar-refractivity contribution < 1.29 is 4.79 Å². The molecule has 1 unspecified atom stereocenters. The molecule has 5 nitrogen and oxygen atoms in total. The zero-order valence-electron chi connectivity index (χ0n) is 10.8. The van der Waals surface area contributed by atoms with Crippen LogP contribution in [0.1, 0.15) is 29.6 Å². The molecular formula is C14H15BrN4O. The molecule has 1 atom stereocenters. The minimum absolute atomic E-state index is 0.0362. The number of halogens is 1. The average molecular weight is 335 g/mol. The first-order valence-electron chi connectivity index (χ1n) is 6.77. The number of carbonyl (C=O) groups excluding carboxylic acids is 1. The van der Waals surface area contributed by atoms with Gasteiger partial charge in [-0.2, -0.15) is 5.10 Å². The second-order valence-electron chi connectivity index (χ2n) is 5.96. The lowest BCUT2D eigenvalue weighted by Crippen LogP contribution is -2.47. The van der Waals surface area contributed by atoms with Crippen LogP contribution in [0.25, 0.3) is 5.52 Å². The number of rotatable bonds is 2. The summed E-state index contributed by atoms with van der Waals surface area (Å²) >= 11 is 3.44. The molecule has 0 bridgehead atoms. The molecule has 2 aliphatic rings. The van der Waals surface area contributed by atoms with Crippen LogP contribution in [0.4, 0.5) is 0 Å². The zero-order chi connectivity index (χ0) is 13.9. The smallest absolute Gasteiger partial charge is 0.253 e. The third-order valence-corrected chi connectivity index (χ3v) is 5.21. The van der Waals surface area contributed by atoms with Crippen molar-refractivity contribution in [2.45, 2.75) is 31.3 Å². The van der Waals surface area contributed by atoms with Crippen molar-refractivity contribution in [3.05, 3.63) is 34.6 Å². The fourth-order valence-electron chi connectivity index (χ4n) is 3.32. The Morgan fingerprint density at radius 2 is 2.25 bits per heavy atom. The van der Waals surface area contributed by atoms with E-state index in [0.29, 0.717) is 17.0 Å². The summed E-state index contributed by atoms with van der Waals surface area (Å²) in [6, 6.07) is 4.27. The second kappa shape index (κ2) is 4.05. The van der Waals surface area contributed by atoms with E-state index in [1.807, 2.05) is 18.3 Å². The van der Waals surface area contributed by atoms with E-state index in [9.17, 15) is 4.79 Å². The Balaban J connectivity index is 1.54. The predicted octanol–water partition coefficient (Wildman–Crippen LogP) is 1.71. The van der Waals surface area contributed by atoms with E-state index in [-0.39, 0.29) is 11.9 Å². The summed E-state index contributed by atoms with van der Waals surface area (Å²) in [5.74, 6) is -0.0362. The summed E-state index contributed by atoms with van der Waals surface area (Å²) in [6.45, 7) is 0. The molecule has 0 aromatic carbocycles. The summed E-state index contributed by atoms with van der Waals surface area (Å²) in [6.07, 6.45) is 6.68. The maximum Gasteiger partial charge on any atom is 0.253 e. The lowest BCUT2D eigenvalue weighted by atomic mass is 9.76. The van der Waals surface area contributed by atoms with Gasteiger partial charge in [-0.05, 0) is 52.7 Å². The molecule has 20 heavy (non-hydrogen) atoms. The molecule has 2 aliphatic carbocycles. The van der Waals surface area contributed by atoms with Crippen molar-refractivity contribution in [2.75, 3.05) is 0 Å². The molecule has 1 amide bonds. The van der Waals surface area contributed by atoms with Gasteiger partial charge in [-0.3, -0.25) is 4.79 Å². The van der Waals surface area contributed by atoms with Crippen LogP contribution in [-0.2, 0) is 0 Å². The molecular weight excluding hydrogens is 320 g/mol. The highest BCUT2D eigenvalue weighted by Gasteiger charge is 2.60. The van der Waals surface area contributed by atoms with Gasteiger partial charge in [0.05, 0.1) is 21.7 Å². The molecule has 4 rings (SSSR count).